The Morgan fingerprint density at radius 3 is 1.80 bits per heavy atom. The fourth-order valence-corrected chi connectivity index (χ4v) is 3.41. The van der Waals surface area contributed by atoms with Crippen LogP contribution in [0.25, 0.3) is 11.1 Å². The van der Waals surface area contributed by atoms with Gasteiger partial charge in [0.05, 0.1) is 18.3 Å². The van der Waals surface area contributed by atoms with Crippen LogP contribution in [0.5, 0.6) is 11.5 Å². The Hall–Kier alpha value is -3.71. The number of carbonyl (C=O) groups excluding carboxylic acids is 1. The van der Waals surface area contributed by atoms with Gasteiger partial charge in [0, 0.05) is 0 Å². The second-order valence-electron chi connectivity index (χ2n) is 8.84. The van der Waals surface area contributed by atoms with Crippen molar-refractivity contribution in [1.82, 2.24) is 0 Å². The van der Waals surface area contributed by atoms with Crippen molar-refractivity contribution in [2.45, 2.75) is 37.2 Å². The van der Waals surface area contributed by atoms with Gasteiger partial charge in [0.2, 0.25) is 0 Å². The SMILES string of the molecule is C[C@H](O)c1ccc(OC(=O)c2ccc(-c3ccc(OCCOCC(F)(F)C(F)(F)C(F)(F)C(F)F)cc3)cc2)cc1. The molecule has 222 valence electrons. The third-order valence-corrected chi connectivity index (χ3v) is 5.81. The number of aliphatic hydroxyl groups excluding tert-OH is 1. The van der Waals surface area contributed by atoms with Gasteiger partial charge in [-0.3, -0.25) is 0 Å². The summed E-state index contributed by atoms with van der Waals surface area (Å²) in [6, 6.07) is 19.1. The van der Waals surface area contributed by atoms with E-state index in [9.17, 15) is 45.0 Å². The Morgan fingerprint density at radius 2 is 1.29 bits per heavy atom. The monoisotopic (exact) mass is 592 g/mol. The lowest BCUT2D eigenvalue weighted by Crippen LogP contribution is -2.59. The predicted molar refractivity (Wildman–Crippen MR) is 131 cm³/mol. The van der Waals surface area contributed by atoms with Crippen molar-refractivity contribution in [3.8, 4) is 22.6 Å². The maximum Gasteiger partial charge on any atom is 0.380 e. The first-order chi connectivity index (χ1) is 19.2. The van der Waals surface area contributed by atoms with E-state index in [1.807, 2.05) is 0 Å². The summed E-state index contributed by atoms with van der Waals surface area (Å²) in [6.07, 6.45) is -5.64. The molecule has 0 aromatic heterocycles. The first-order valence-corrected chi connectivity index (χ1v) is 12.0. The average Bonchev–Trinajstić information content (AvgIpc) is 2.93. The molecule has 0 aliphatic rings. The summed E-state index contributed by atoms with van der Waals surface area (Å²) >= 11 is 0. The number of alkyl halides is 8. The topological polar surface area (TPSA) is 65.0 Å². The molecule has 0 bridgehead atoms. The van der Waals surface area contributed by atoms with Crippen molar-refractivity contribution in [2.75, 3.05) is 19.8 Å². The molecule has 0 aliphatic carbocycles. The molecule has 1 N–H and O–H groups in total. The van der Waals surface area contributed by atoms with Gasteiger partial charge in [0.15, 0.2) is 0 Å². The van der Waals surface area contributed by atoms with Crippen LogP contribution in [0.3, 0.4) is 0 Å². The van der Waals surface area contributed by atoms with Gasteiger partial charge in [-0.1, -0.05) is 36.4 Å². The molecule has 0 unspecified atom stereocenters. The van der Waals surface area contributed by atoms with Crippen molar-refractivity contribution < 1.29 is 59.2 Å². The quantitative estimate of drug-likeness (QED) is 0.0985. The third kappa shape index (κ3) is 7.53. The average molecular weight is 592 g/mol. The summed E-state index contributed by atoms with van der Waals surface area (Å²) < 4.78 is 118. The number of rotatable bonds is 13. The Bertz CT molecular complexity index is 1280. The number of carbonyl (C=O) groups is 1. The third-order valence-electron chi connectivity index (χ3n) is 5.81. The fraction of sp³-hybridized carbons (Fsp3) is 0.321. The van der Waals surface area contributed by atoms with E-state index in [0.717, 1.165) is 5.56 Å². The largest absolute Gasteiger partial charge is 0.491 e. The summed E-state index contributed by atoms with van der Waals surface area (Å²) in [5, 5.41) is 9.55. The number of hydrogen-bond donors (Lipinski definition) is 1. The molecule has 13 heteroatoms. The lowest BCUT2D eigenvalue weighted by molar-refractivity contribution is -0.346. The fourth-order valence-electron chi connectivity index (χ4n) is 3.41. The van der Waals surface area contributed by atoms with E-state index < -0.39 is 56.1 Å². The van der Waals surface area contributed by atoms with Crippen LogP contribution in [0, 0.1) is 0 Å². The van der Waals surface area contributed by atoms with Crippen LogP contribution in [-0.4, -0.2) is 55.1 Å². The minimum Gasteiger partial charge on any atom is -0.491 e. The van der Waals surface area contributed by atoms with Gasteiger partial charge in [-0.05, 0) is 60.0 Å². The molecule has 0 radical (unpaired) electrons. The Balaban J connectivity index is 1.48. The van der Waals surface area contributed by atoms with Crippen LogP contribution in [0.2, 0.25) is 0 Å². The first kappa shape index (κ1) is 31.8. The van der Waals surface area contributed by atoms with Gasteiger partial charge < -0.3 is 19.3 Å². The van der Waals surface area contributed by atoms with E-state index in [1.54, 1.807) is 67.6 Å². The van der Waals surface area contributed by atoms with Crippen LogP contribution in [0.4, 0.5) is 35.1 Å². The number of hydrogen-bond acceptors (Lipinski definition) is 5. The molecule has 0 fully saturated rings. The number of benzene rings is 3. The number of ether oxygens (including phenoxy) is 3. The summed E-state index contributed by atoms with van der Waals surface area (Å²) in [5.74, 6) is -18.2. The molecule has 3 aromatic carbocycles. The molecule has 0 heterocycles. The van der Waals surface area contributed by atoms with E-state index in [4.69, 9.17) is 9.47 Å². The van der Waals surface area contributed by atoms with Gasteiger partial charge in [0.25, 0.3) is 0 Å². The van der Waals surface area contributed by atoms with E-state index >= 15 is 0 Å². The van der Waals surface area contributed by atoms with Gasteiger partial charge >= 0.3 is 30.2 Å². The van der Waals surface area contributed by atoms with Gasteiger partial charge in [-0.25, -0.2) is 13.6 Å². The summed E-state index contributed by atoms with van der Waals surface area (Å²) in [5.41, 5.74) is 2.39. The highest BCUT2D eigenvalue weighted by Gasteiger charge is 2.75. The molecule has 0 saturated carbocycles. The van der Waals surface area contributed by atoms with Crippen LogP contribution >= 0.6 is 0 Å². The predicted octanol–water partition coefficient (Wildman–Crippen LogP) is 7.19. The molecular weight excluding hydrogens is 568 g/mol. The lowest BCUT2D eigenvalue weighted by Gasteiger charge is -2.31. The van der Waals surface area contributed by atoms with Crippen molar-refractivity contribution in [3.05, 3.63) is 83.9 Å². The maximum atomic E-state index is 13.5. The van der Waals surface area contributed by atoms with Crippen LogP contribution < -0.4 is 9.47 Å². The smallest absolute Gasteiger partial charge is 0.380 e. The van der Waals surface area contributed by atoms with Crippen molar-refractivity contribution in [1.29, 1.82) is 0 Å². The van der Waals surface area contributed by atoms with Crippen LogP contribution in [-0.2, 0) is 4.74 Å². The second-order valence-corrected chi connectivity index (χ2v) is 8.84. The minimum absolute atomic E-state index is 0.237. The first-order valence-electron chi connectivity index (χ1n) is 12.0. The Kier molecular flexibility index (Phi) is 9.98. The zero-order valence-electron chi connectivity index (χ0n) is 21.3. The molecule has 1 atom stereocenters. The standard InChI is InChI=1S/C28H24F8O5/c1-17(37)18-6-12-23(13-7-18)41-24(38)21-4-2-19(3-5-21)20-8-10-22(11-9-20)40-15-14-39-16-26(31,32)28(35,36)27(33,34)25(29)30/h2-13,17,25,37H,14-16H2,1H3/t17-/m0/s1. The van der Waals surface area contributed by atoms with Crippen molar-refractivity contribution in [3.63, 3.8) is 0 Å². The number of aliphatic hydroxyl groups is 1. The molecule has 0 saturated heterocycles. The second kappa shape index (κ2) is 12.9. The molecular formula is C28H24F8O5. The molecule has 41 heavy (non-hydrogen) atoms. The normalized spacial score (nSPS) is 13.2. The molecule has 0 aliphatic heterocycles. The molecule has 3 aromatic rings. The minimum atomic E-state index is -6.32. The van der Waals surface area contributed by atoms with E-state index in [-0.39, 0.29) is 11.3 Å². The lowest BCUT2D eigenvalue weighted by atomic mass is 10.0. The van der Waals surface area contributed by atoms with Crippen molar-refractivity contribution in [2.24, 2.45) is 0 Å². The van der Waals surface area contributed by atoms with Crippen LogP contribution in [0.15, 0.2) is 72.8 Å². The molecule has 5 nitrogen and oxygen atoms in total. The molecule has 0 spiro atoms. The van der Waals surface area contributed by atoms with Crippen LogP contribution in [0.1, 0.15) is 28.9 Å². The molecule has 3 rings (SSSR count). The number of esters is 1. The highest BCUT2D eigenvalue weighted by Crippen LogP contribution is 2.48. The molecule has 0 amide bonds. The Morgan fingerprint density at radius 1 is 0.780 bits per heavy atom. The number of halogens is 8. The highest BCUT2D eigenvalue weighted by atomic mass is 19.4. The van der Waals surface area contributed by atoms with Gasteiger partial charge in [0.1, 0.15) is 24.7 Å². The van der Waals surface area contributed by atoms with Gasteiger partial charge in [-0.2, -0.15) is 26.3 Å². The Labute approximate surface area is 229 Å². The van der Waals surface area contributed by atoms with Gasteiger partial charge in [-0.15, -0.1) is 0 Å². The maximum absolute atomic E-state index is 13.5. The summed E-state index contributed by atoms with van der Waals surface area (Å²) in [7, 11) is 0. The van der Waals surface area contributed by atoms with E-state index in [1.165, 1.54) is 12.1 Å². The zero-order valence-corrected chi connectivity index (χ0v) is 21.3. The van der Waals surface area contributed by atoms with E-state index in [2.05, 4.69) is 4.74 Å². The summed E-state index contributed by atoms with van der Waals surface area (Å²) in [6.45, 7) is -1.75. The summed E-state index contributed by atoms with van der Waals surface area (Å²) in [4.78, 5) is 12.4. The van der Waals surface area contributed by atoms with E-state index in [0.29, 0.717) is 16.9 Å². The highest BCUT2D eigenvalue weighted by molar-refractivity contribution is 5.91. The van der Waals surface area contributed by atoms with Crippen molar-refractivity contribution >= 4 is 5.97 Å². The zero-order chi connectivity index (χ0) is 30.4.